The number of amides is 1. The van der Waals surface area contributed by atoms with Crippen LogP contribution >= 0.6 is 11.6 Å². The van der Waals surface area contributed by atoms with Gasteiger partial charge in [0, 0.05) is 22.7 Å². The predicted octanol–water partition coefficient (Wildman–Crippen LogP) is 4.26. The first kappa shape index (κ1) is 20.4. The Morgan fingerprint density at radius 2 is 1.57 bits per heavy atom. The molecule has 7 heteroatoms. The maximum atomic E-state index is 13.2. The van der Waals surface area contributed by atoms with Gasteiger partial charge in [-0.3, -0.25) is 9.10 Å². The highest BCUT2D eigenvalue weighted by Crippen LogP contribution is 2.42. The van der Waals surface area contributed by atoms with E-state index >= 15 is 0 Å². The SMILES string of the molecule is O=C(CN1c2ccccc2-c2ccccc2S1(=O)=O)NCCCc1ccc(Cl)cc1. The smallest absolute Gasteiger partial charge is 0.265 e. The fraction of sp³-hybridized carbons (Fsp3) is 0.174. The van der Waals surface area contributed by atoms with Gasteiger partial charge in [-0.05, 0) is 42.7 Å². The lowest BCUT2D eigenvalue weighted by Gasteiger charge is -2.31. The molecule has 0 saturated heterocycles. The van der Waals surface area contributed by atoms with Crippen molar-refractivity contribution >= 4 is 33.2 Å². The van der Waals surface area contributed by atoms with Gasteiger partial charge in [0.05, 0.1) is 10.6 Å². The van der Waals surface area contributed by atoms with Gasteiger partial charge in [0.2, 0.25) is 5.91 Å². The molecule has 1 amide bonds. The second kappa shape index (κ2) is 8.50. The van der Waals surface area contributed by atoms with Crippen molar-refractivity contribution in [3.05, 3.63) is 83.4 Å². The van der Waals surface area contributed by atoms with Crippen molar-refractivity contribution in [2.24, 2.45) is 0 Å². The van der Waals surface area contributed by atoms with Crippen LogP contribution in [0.3, 0.4) is 0 Å². The molecule has 0 atom stereocenters. The quantitative estimate of drug-likeness (QED) is 0.582. The Morgan fingerprint density at radius 3 is 2.33 bits per heavy atom. The van der Waals surface area contributed by atoms with E-state index in [1.54, 1.807) is 30.3 Å². The number of para-hydroxylation sites is 1. The van der Waals surface area contributed by atoms with Gasteiger partial charge in [-0.2, -0.15) is 0 Å². The molecule has 3 aromatic carbocycles. The molecule has 0 spiro atoms. The van der Waals surface area contributed by atoms with Gasteiger partial charge in [0.1, 0.15) is 6.54 Å². The van der Waals surface area contributed by atoms with Crippen molar-refractivity contribution in [1.82, 2.24) is 5.32 Å². The fourth-order valence-electron chi connectivity index (χ4n) is 3.61. The van der Waals surface area contributed by atoms with Gasteiger partial charge >= 0.3 is 0 Å². The molecule has 1 heterocycles. The molecule has 154 valence electrons. The number of hydrogen-bond donors (Lipinski definition) is 1. The Bertz CT molecular complexity index is 1180. The number of anilines is 1. The monoisotopic (exact) mass is 440 g/mol. The van der Waals surface area contributed by atoms with E-state index in [9.17, 15) is 13.2 Å². The van der Waals surface area contributed by atoms with Gasteiger partial charge < -0.3 is 5.32 Å². The predicted molar refractivity (Wildman–Crippen MR) is 119 cm³/mol. The normalized spacial score (nSPS) is 14.0. The highest BCUT2D eigenvalue weighted by molar-refractivity contribution is 7.93. The number of fused-ring (bicyclic) bond motifs is 3. The lowest BCUT2D eigenvalue weighted by atomic mass is 10.0. The largest absolute Gasteiger partial charge is 0.355 e. The average Bonchev–Trinajstić information content (AvgIpc) is 2.75. The van der Waals surface area contributed by atoms with Crippen molar-refractivity contribution < 1.29 is 13.2 Å². The molecular formula is C23H21ClN2O3S. The molecule has 0 saturated carbocycles. The molecule has 0 bridgehead atoms. The van der Waals surface area contributed by atoms with Crippen LogP contribution in [0.1, 0.15) is 12.0 Å². The second-order valence-electron chi connectivity index (χ2n) is 7.10. The minimum Gasteiger partial charge on any atom is -0.355 e. The molecule has 0 aromatic heterocycles. The first-order valence-corrected chi connectivity index (χ1v) is 11.5. The Morgan fingerprint density at radius 1 is 0.900 bits per heavy atom. The number of sulfonamides is 1. The number of nitrogens with zero attached hydrogens (tertiary/aromatic N) is 1. The van der Waals surface area contributed by atoms with Crippen LogP contribution in [-0.2, 0) is 21.2 Å². The highest BCUT2D eigenvalue weighted by Gasteiger charge is 2.35. The summed E-state index contributed by atoms with van der Waals surface area (Å²) in [7, 11) is -3.81. The maximum absolute atomic E-state index is 13.2. The molecule has 0 fully saturated rings. The number of carbonyl (C=O) groups is 1. The van der Waals surface area contributed by atoms with E-state index in [1.807, 2.05) is 42.5 Å². The summed E-state index contributed by atoms with van der Waals surface area (Å²) in [4.78, 5) is 12.8. The molecular weight excluding hydrogens is 420 g/mol. The second-order valence-corrected chi connectivity index (χ2v) is 9.37. The van der Waals surface area contributed by atoms with Gasteiger partial charge in [-0.25, -0.2) is 8.42 Å². The van der Waals surface area contributed by atoms with Gasteiger partial charge in [-0.1, -0.05) is 60.1 Å². The van der Waals surface area contributed by atoms with Crippen LogP contribution in [0, 0.1) is 0 Å². The van der Waals surface area contributed by atoms with Crippen molar-refractivity contribution in [2.45, 2.75) is 17.7 Å². The maximum Gasteiger partial charge on any atom is 0.265 e. The molecule has 30 heavy (non-hydrogen) atoms. The van der Waals surface area contributed by atoms with E-state index < -0.39 is 10.0 Å². The molecule has 4 rings (SSSR count). The Hall–Kier alpha value is -2.83. The van der Waals surface area contributed by atoms with Crippen LogP contribution in [-0.4, -0.2) is 27.4 Å². The molecule has 1 aliphatic heterocycles. The highest BCUT2D eigenvalue weighted by atomic mass is 35.5. The molecule has 5 nitrogen and oxygen atoms in total. The van der Waals surface area contributed by atoms with E-state index in [0.29, 0.717) is 22.8 Å². The number of hydrogen-bond acceptors (Lipinski definition) is 3. The molecule has 1 aliphatic rings. The minimum absolute atomic E-state index is 0.222. The summed E-state index contributed by atoms with van der Waals surface area (Å²) >= 11 is 5.89. The zero-order chi connectivity index (χ0) is 21.1. The van der Waals surface area contributed by atoms with Crippen LogP contribution in [0.25, 0.3) is 11.1 Å². The molecule has 0 unspecified atom stereocenters. The van der Waals surface area contributed by atoms with Crippen LogP contribution in [0.4, 0.5) is 5.69 Å². The molecule has 0 aliphatic carbocycles. The summed E-state index contributed by atoms with van der Waals surface area (Å²) in [6.07, 6.45) is 1.55. The Kier molecular flexibility index (Phi) is 5.79. The van der Waals surface area contributed by atoms with E-state index in [0.717, 1.165) is 24.0 Å². The third kappa shape index (κ3) is 4.06. The number of carbonyl (C=O) groups excluding carboxylic acids is 1. The van der Waals surface area contributed by atoms with Gasteiger partial charge in [0.25, 0.3) is 10.0 Å². The lowest BCUT2D eigenvalue weighted by Crippen LogP contribution is -2.42. The minimum atomic E-state index is -3.81. The lowest BCUT2D eigenvalue weighted by molar-refractivity contribution is -0.119. The van der Waals surface area contributed by atoms with Crippen LogP contribution < -0.4 is 9.62 Å². The fourth-order valence-corrected chi connectivity index (χ4v) is 5.38. The number of aryl methyl sites for hydroxylation is 1. The topological polar surface area (TPSA) is 66.5 Å². The van der Waals surface area contributed by atoms with E-state index in [1.165, 1.54) is 4.31 Å². The zero-order valence-corrected chi connectivity index (χ0v) is 17.8. The first-order valence-electron chi connectivity index (χ1n) is 9.69. The van der Waals surface area contributed by atoms with Crippen LogP contribution in [0.2, 0.25) is 5.02 Å². The molecule has 3 aromatic rings. The first-order chi connectivity index (χ1) is 14.5. The van der Waals surface area contributed by atoms with E-state index in [4.69, 9.17) is 11.6 Å². The number of nitrogens with one attached hydrogen (secondary N) is 1. The number of benzene rings is 3. The average molecular weight is 441 g/mol. The van der Waals surface area contributed by atoms with Gasteiger partial charge in [-0.15, -0.1) is 0 Å². The Balaban J connectivity index is 1.45. The number of halogens is 1. The summed E-state index contributed by atoms with van der Waals surface area (Å²) in [5.41, 5.74) is 3.12. The van der Waals surface area contributed by atoms with Crippen molar-refractivity contribution in [2.75, 3.05) is 17.4 Å². The summed E-state index contributed by atoms with van der Waals surface area (Å²) in [5, 5.41) is 3.52. The van der Waals surface area contributed by atoms with E-state index in [-0.39, 0.29) is 17.3 Å². The van der Waals surface area contributed by atoms with Crippen molar-refractivity contribution in [3.63, 3.8) is 0 Å². The summed E-state index contributed by atoms with van der Waals surface area (Å²) in [6.45, 7) is 0.211. The third-order valence-corrected chi connectivity index (χ3v) is 7.15. The standard InChI is InChI=1S/C23H21ClN2O3S/c24-18-13-11-17(12-14-18)6-5-15-25-23(27)16-26-21-9-3-1-7-19(21)20-8-2-4-10-22(20)30(26,28)29/h1-4,7-14H,5-6,15-16H2,(H,25,27). The third-order valence-electron chi connectivity index (χ3n) is 5.08. The Labute approximate surface area is 181 Å². The van der Waals surface area contributed by atoms with Crippen molar-refractivity contribution in [3.8, 4) is 11.1 Å². The number of rotatable bonds is 6. The van der Waals surface area contributed by atoms with Crippen LogP contribution in [0.5, 0.6) is 0 Å². The van der Waals surface area contributed by atoms with Crippen LogP contribution in [0.15, 0.2) is 77.7 Å². The molecule has 0 radical (unpaired) electrons. The summed E-state index contributed by atoms with van der Waals surface area (Å²) < 4.78 is 27.6. The zero-order valence-electron chi connectivity index (χ0n) is 16.2. The summed E-state index contributed by atoms with van der Waals surface area (Å²) in [6, 6.07) is 21.7. The van der Waals surface area contributed by atoms with E-state index in [2.05, 4.69) is 5.32 Å². The molecule has 1 N–H and O–H groups in total. The van der Waals surface area contributed by atoms with Gasteiger partial charge in [0.15, 0.2) is 0 Å². The summed E-state index contributed by atoms with van der Waals surface area (Å²) in [5.74, 6) is -0.330. The van der Waals surface area contributed by atoms with Crippen molar-refractivity contribution in [1.29, 1.82) is 0 Å².